The molecule has 0 radical (unpaired) electrons. The molecule has 1 aromatic rings. The van der Waals surface area contributed by atoms with Crippen molar-refractivity contribution in [3.05, 3.63) is 29.8 Å². The molecule has 0 aliphatic carbocycles. The second kappa shape index (κ2) is 6.17. The molecular weight excluding hydrogens is 266 g/mol. The van der Waals surface area contributed by atoms with E-state index in [0.29, 0.717) is 12.1 Å². The third kappa shape index (κ3) is 3.45. The van der Waals surface area contributed by atoms with Gasteiger partial charge in [0, 0.05) is 30.7 Å². The first-order valence-electron chi connectivity index (χ1n) is 6.56. The molecule has 1 fully saturated rings. The van der Waals surface area contributed by atoms with Crippen molar-refractivity contribution in [2.45, 2.75) is 32.5 Å². The molecule has 1 heterocycles. The average molecular weight is 284 g/mol. The molecule has 0 aromatic heterocycles. The van der Waals surface area contributed by atoms with Crippen molar-refractivity contribution in [3.8, 4) is 5.75 Å². The van der Waals surface area contributed by atoms with Crippen LogP contribution in [0.15, 0.2) is 24.3 Å². The van der Waals surface area contributed by atoms with E-state index >= 15 is 0 Å². The number of halogens is 2. The minimum absolute atomic E-state index is 0.0540. The number of carbonyl (C=O) groups is 1. The van der Waals surface area contributed by atoms with Crippen molar-refractivity contribution < 1.29 is 18.3 Å². The summed E-state index contributed by atoms with van der Waals surface area (Å²) in [6.07, 6.45) is 0. The molecule has 4 nitrogen and oxygen atoms in total. The number of rotatable bonds is 3. The minimum atomic E-state index is -2.86. The number of carbonyl (C=O) groups excluding carboxylic acids is 1. The summed E-state index contributed by atoms with van der Waals surface area (Å²) >= 11 is 0. The lowest BCUT2D eigenvalue weighted by molar-refractivity contribution is -0.0498. The molecule has 2 atom stereocenters. The fourth-order valence-corrected chi connectivity index (χ4v) is 2.25. The van der Waals surface area contributed by atoms with E-state index in [9.17, 15) is 13.6 Å². The zero-order chi connectivity index (χ0) is 14.7. The van der Waals surface area contributed by atoms with Crippen LogP contribution < -0.4 is 10.1 Å². The van der Waals surface area contributed by atoms with Crippen molar-refractivity contribution in [3.63, 3.8) is 0 Å². The average Bonchev–Trinajstić information content (AvgIpc) is 2.41. The van der Waals surface area contributed by atoms with Crippen LogP contribution in [0.1, 0.15) is 24.2 Å². The molecule has 2 rings (SSSR count). The molecule has 1 amide bonds. The summed E-state index contributed by atoms with van der Waals surface area (Å²) in [6.45, 7) is 2.52. The van der Waals surface area contributed by atoms with Crippen LogP contribution in [0.25, 0.3) is 0 Å². The number of nitrogens with one attached hydrogen (secondary N) is 1. The van der Waals surface area contributed by atoms with Gasteiger partial charge >= 0.3 is 6.61 Å². The summed E-state index contributed by atoms with van der Waals surface area (Å²) < 4.78 is 28.4. The normalized spacial score (nSPS) is 22.9. The van der Waals surface area contributed by atoms with Gasteiger partial charge in [-0.3, -0.25) is 4.79 Å². The number of amides is 1. The number of hydrogen-bond donors (Lipinski definition) is 1. The Balaban J connectivity index is 2.08. The first-order chi connectivity index (χ1) is 9.47. The van der Waals surface area contributed by atoms with Crippen molar-refractivity contribution in [1.82, 2.24) is 10.2 Å². The Labute approximate surface area is 116 Å². The van der Waals surface area contributed by atoms with Gasteiger partial charge in [0.15, 0.2) is 0 Å². The first kappa shape index (κ1) is 14.7. The highest BCUT2D eigenvalue weighted by atomic mass is 19.3. The Bertz CT molecular complexity index is 465. The maximum atomic E-state index is 12.4. The molecule has 1 aliphatic heterocycles. The summed E-state index contributed by atoms with van der Waals surface area (Å²) in [5, 5.41) is 3.30. The third-order valence-corrected chi connectivity index (χ3v) is 3.35. The second-order valence-electron chi connectivity index (χ2n) is 5.02. The quantitative estimate of drug-likeness (QED) is 0.924. The van der Waals surface area contributed by atoms with Gasteiger partial charge in [-0.1, -0.05) is 0 Å². The van der Waals surface area contributed by atoms with Crippen LogP contribution in [0.3, 0.4) is 0 Å². The van der Waals surface area contributed by atoms with E-state index in [1.165, 1.54) is 24.3 Å². The fourth-order valence-electron chi connectivity index (χ4n) is 2.25. The van der Waals surface area contributed by atoms with Crippen molar-refractivity contribution >= 4 is 5.91 Å². The number of benzene rings is 1. The largest absolute Gasteiger partial charge is 0.435 e. The number of nitrogens with zero attached hydrogens (tertiary/aromatic N) is 1. The summed E-state index contributed by atoms with van der Waals surface area (Å²) in [5.74, 6) is -0.0345. The van der Waals surface area contributed by atoms with E-state index in [4.69, 9.17) is 0 Å². The smallest absolute Gasteiger partial charge is 0.387 e. The van der Waals surface area contributed by atoms with Gasteiger partial charge in [0.25, 0.3) is 5.91 Å². The molecule has 1 N–H and O–H groups in total. The Hall–Kier alpha value is -1.69. The number of alkyl halides is 2. The Kier molecular flexibility index (Phi) is 4.54. The first-order valence-corrected chi connectivity index (χ1v) is 6.56. The van der Waals surface area contributed by atoms with E-state index in [0.717, 1.165) is 6.54 Å². The van der Waals surface area contributed by atoms with Crippen LogP contribution in [0.5, 0.6) is 5.75 Å². The Morgan fingerprint density at radius 3 is 2.60 bits per heavy atom. The lowest BCUT2D eigenvalue weighted by atomic mass is 10.1. The standard InChI is InChI=1S/C14H18F2N2O2/c1-9-8-18(10(2)7-17-9)13(19)11-3-5-12(6-4-11)20-14(15)16/h3-6,9-10,14,17H,7-8H2,1-2H3. The van der Waals surface area contributed by atoms with Gasteiger partial charge < -0.3 is 15.0 Å². The van der Waals surface area contributed by atoms with Crippen LogP contribution in [-0.2, 0) is 0 Å². The highest BCUT2D eigenvalue weighted by Gasteiger charge is 2.27. The van der Waals surface area contributed by atoms with E-state index in [2.05, 4.69) is 10.1 Å². The van der Waals surface area contributed by atoms with Gasteiger partial charge in [0.1, 0.15) is 5.75 Å². The minimum Gasteiger partial charge on any atom is -0.435 e. The topological polar surface area (TPSA) is 41.6 Å². The number of ether oxygens (including phenoxy) is 1. The van der Waals surface area contributed by atoms with Crippen LogP contribution in [-0.4, -0.2) is 42.6 Å². The van der Waals surface area contributed by atoms with Gasteiger partial charge in [-0.05, 0) is 38.1 Å². The molecule has 0 spiro atoms. The Morgan fingerprint density at radius 2 is 2.00 bits per heavy atom. The molecule has 1 saturated heterocycles. The van der Waals surface area contributed by atoms with Crippen molar-refractivity contribution in [2.75, 3.05) is 13.1 Å². The van der Waals surface area contributed by atoms with Crippen LogP contribution in [0, 0.1) is 0 Å². The van der Waals surface area contributed by atoms with Crippen LogP contribution >= 0.6 is 0 Å². The monoisotopic (exact) mass is 284 g/mol. The SMILES string of the molecule is CC1CN(C(=O)c2ccc(OC(F)F)cc2)C(C)CN1. The molecule has 110 valence electrons. The summed E-state index contributed by atoms with van der Waals surface area (Å²) in [7, 11) is 0. The van der Waals surface area contributed by atoms with Gasteiger partial charge in [-0.25, -0.2) is 0 Å². The number of hydrogen-bond acceptors (Lipinski definition) is 3. The summed E-state index contributed by atoms with van der Waals surface area (Å²) in [5.41, 5.74) is 0.479. The van der Waals surface area contributed by atoms with E-state index in [1.54, 1.807) is 4.90 Å². The maximum absolute atomic E-state index is 12.4. The maximum Gasteiger partial charge on any atom is 0.387 e. The van der Waals surface area contributed by atoms with Gasteiger partial charge in [-0.2, -0.15) is 8.78 Å². The highest BCUT2D eigenvalue weighted by molar-refractivity contribution is 5.94. The molecule has 1 aliphatic rings. The third-order valence-electron chi connectivity index (χ3n) is 3.35. The molecule has 1 aromatic carbocycles. The second-order valence-corrected chi connectivity index (χ2v) is 5.02. The molecule has 6 heteroatoms. The van der Waals surface area contributed by atoms with E-state index in [-0.39, 0.29) is 23.7 Å². The van der Waals surface area contributed by atoms with Crippen LogP contribution in [0.2, 0.25) is 0 Å². The molecular formula is C14H18F2N2O2. The molecule has 0 bridgehead atoms. The van der Waals surface area contributed by atoms with E-state index < -0.39 is 6.61 Å². The van der Waals surface area contributed by atoms with Gasteiger partial charge in [0.05, 0.1) is 0 Å². The Morgan fingerprint density at radius 1 is 1.35 bits per heavy atom. The lowest BCUT2D eigenvalue weighted by Gasteiger charge is -2.37. The van der Waals surface area contributed by atoms with Crippen molar-refractivity contribution in [2.24, 2.45) is 0 Å². The molecule has 2 unspecified atom stereocenters. The summed E-state index contributed by atoms with van der Waals surface area (Å²) in [4.78, 5) is 14.2. The highest BCUT2D eigenvalue weighted by Crippen LogP contribution is 2.18. The van der Waals surface area contributed by atoms with E-state index in [1.807, 2.05) is 13.8 Å². The number of piperazine rings is 1. The summed E-state index contributed by atoms with van der Waals surface area (Å²) in [6, 6.07) is 6.15. The fraction of sp³-hybridized carbons (Fsp3) is 0.500. The van der Waals surface area contributed by atoms with Crippen molar-refractivity contribution in [1.29, 1.82) is 0 Å². The predicted molar refractivity (Wildman–Crippen MR) is 71.0 cm³/mol. The molecule has 20 heavy (non-hydrogen) atoms. The lowest BCUT2D eigenvalue weighted by Crippen LogP contribution is -2.56. The van der Waals surface area contributed by atoms with Crippen LogP contribution in [0.4, 0.5) is 8.78 Å². The zero-order valence-electron chi connectivity index (χ0n) is 11.5. The van der Waals surface area contributed by atoms with Gasteiger partial charge in [0.2, 0.25) is 0 Å². The zero-order valence-corrected chi connectivity index (χ0v) is 11.5. The predicted octanol–water partition coefficient (Wildman–Crippen LogP) is 2.11. The molecule has 0 saturated carbocycles. The van der Waals surface area contributed by atoms with Gasteiger partial charge in [-0.15, -0.1) is 0 Å².